The fraction of sp³-hybridized carbons (Fsp3) is 0.294. The smallest absolute Gasteiger partial charge is 0.182 e. The highest BCUT2D eigenvalue weighted by Crippen LogP contribution is 2.38. The van der Waals surface area contributed by atoms with Crippen LogP contribution in [-0.2, 0) is 0 Å². The van der Waals surface area contributed by atoms with Gasteiger partial charge in [0.2, 0.25) is 0 Å². The van der Waals surface area contributed by atoms with Gasteiger partial charge in [0.05, 0.1) is 23.9 Å². The molecule has 8 nitrogen and oxygen atoms in total. The van der Waals surface area contributed by atoms with Crippen molar-refractivity contribution in [3.8, 4) is 5.75 Å². The third-order valence-electron chi connectivity index (χ3n) is 4.66. The molecule has 2 unspecified atom stereocenters. The number of hydrogen-bond donors (Lipinski definition) is 2. The zero-order chi connectivity index (χ0) is 17.8. The van der Waals surface area contributed by atoms with Gasteiger partial charge in [-0.15, -0.1) is 0 Å². The van der Waals surface area contributed by atoms with Crippen molar-refractivity contribution in [3.63, 3.8) is 0 Å². The Morgan fingerprint density at radius 2 is 2.23 bits per heavy atom. The van der Waals surface area contributed by atoms with E-state index in [0.717, 1.165) is 11.3 Å². The summed E-state index contributed by atoms with van der Waals surface area (Å²) in [5.74, 6) is 1.34. The molecule has 0 aliphatic carbocycles. The lowest BCUT2D eigenvalue weighted by atomic mass is 10.2. The number of imidazole rings is 2. The van der Waals surface area contributed by atoms with E-state index in [4.69, 9.17) is 9.72 Å². The first-order valence-corrected chi connectivity index (χ1v) is 8.37. The Balaban J connectivity index is 1.62. The Hall–Kier alpha value is -3.23. The highest BCUT2D eigenvalue weighted by Gasteiger charge is 2.28. The van der Waals surface area contributed by atoms with Crippen LogP contribution in [0, 0.1) is 5.82 Å². The Morgan fingerprint density at radius 3 is 3.12 bits per heavy atom. The molecular formula is C17H16FN7O. The fourth-order valence-corrected chi connectivity index (χ4v) is 3.46. The van der Waals surface area contributed by atoms with Crippen LogP contribution < -0.4 is 10.1 Å². The first-order valence-electron chi connectivity index (χ1n) is 8.37. The van der Waals surface area contributed by atoms with E-state index in [1.807, 2.05) is 18.4 Å². The molecule has 0 bridgehead atoms. The van der Waals surface area contributed by atoms with Crippen LogP contribution in [-0.4, -0.2) is 36.1 Å². The minimum atomic E-state index is -0.368. The number of anilines is 1. The summed E-state index contributed by atoms with van der Waals surface area (Å²) < 4.78 is 21.8. The molecule has 9 heteroatoms. The second-order valence-electron chi connectivity index (χ2n) is 6.43. The number of nitrogens with one attached hydrogen (secondary N) is 2. The molecule has 2 atom stereocenters. The molecule has 0 saturated heterocycles. The number of aromatic amines is 1. The quantitative estimate of drug-likeness (QED) is 0.588. The Morgan fingerprint density at radius 1 is 1.35 bits per heavy atom. The molecule has 0 spiro atoms. The highest BCUT2D eigenvalue weighted by molar-refractivity contribution is 5.84. The van der Waals surface area contributed by atoms with Crippen LogP contribution in [0.2, 0.25) is 0 Å². The maximum absolute atomic E-state index is 14.1. The van der Waals surface area contributed by atoms with E-state index in [0.29, 0.717) is 29.1 Å². The number of H-pyrrole nitrogens is 1. The monoisotopic (exact) mass is 353 g/mol. The molecule has 1 aromatic carbocycles. The Kier molecular flexibility index (Phi) is 3.12. The van der Waals surface area contributed by atoms with Gasteiger partial charge in [0.1, 0.15) is 29.8 Å². The van der Waals surface area contributed by atoms with E-state index < -0.39 is 0 Å². The van der Waals surface area contributed by atoms with Crippen molar-refractivity contribution in [2.75, 3.05) is 11.9 Å². The average molecular weight is 353 g/mol. The maximum Gasteiger partial charge on any atom is 0.182 e. The largest absolute Gasteiger partial charge is 0.486 e. The van der Waals surface area contributed by atoms with Gasteiger partial charge in [-0.25, -0.2) is 24.3 Å². The molecule has 132 valence electrons. The fourth-order valence-electron chi connectivity index (χ4n) is 3.46. The Bertz CT molecular complexity index is 1140. The van der Waals surface area contributed by atoms with Crippen molar-refractivity contribution in [1.29, 1.82) is 0 Å². The van der Waals surface area contributed by atoms with Crippen molar-refractivity contribution in [3.05, 3.63) is 36.4 Å². The summed E-state index contributed by atoms with van der Waals surface area (Å²) in [5.41, 5.74) is 2.74. The highest BCUT2D eigenvalue weighted by atomic mass is 19.1. The standard InChI is InChI=1S/C17H16FN7O/c1-8-5-26-14-10(18)3-4-11-13(14)25(8)17(24-11)9(2)23-16-12-15(20-6-19-12)21-7-22-16/h3-4,6-9H,5H2,1-2H3,(H2,19,20,21,22,23). The maximum atomic E-state index is 14.1. The molecule has 5 rings (SSSR count). The van der Waals surface area contributed by atoms with Gasteiger partial charge < -0.3 is 19.6 Å². The molecule has 0 amide bonds. The van der Waals surface area contributed by atoms with Gasteiger partial charge in [0.25, 0.3) is 0 Å². The topological polar surface area (TPSA) is 93.5 Å². The van der Waals surface area contributed by atoms with Gasteiger partial charge in [-0.1, -0.05) is 0 Å². The third kappa shape index (κ3) is 2.06. The molecular weight excluding hydrogens is 337 g/mol. The molecule has 1 aliphatic rings. The predicted molar refractivity (Wildman–Crippen MR) is 93.6 cm³/mol. The molecule has 1 aliphatic heterocycles. The third-order valence-corrected chi connectivity index (χ3v) is 4.66. The van der Waals surface area contributed by atoms with Gasteiger partial charge >= 0.3 is 0 Å². The average Bonchev–Trinajstić information content (AvgIpc) is 3.26. The first kappa shape index (κ1) is 15.1. The molecule has 0 fully saturated rings. The molecule has 0 radical (unpaired) electrons. The van der Waals surface area contributed by atoms with E-state index in [2.05, 4.69) is 25.3 Å². The van der Waals surface area contributed by atoms with E-state index >= 15 is 0 Å². The Labute approximate surface area is 147 Å². The summed E-state index contributed by atoms with van der Waals surface area (Å²) in [7, 11) is 0. The van der Waals surface area contributed by atoms with Crippen LogP contribution in [0.25, 0.3) is 22.2 Å². The lowest BCUT2D eigenvalue weighted by molar-refractivity contribution is 0.234. The van der Waals surface area contributed by atoms with Crippen molar-refractivity contribution in [2.24, 2.45) is 0 Å². The normalized spacial score (nSPS) is 17.4. The van der Waals surface area contributed by atoms with E-state index in [9.17, 15) is 4.39 Å². The number of benzene rings is 1. The van der Waals surface area contributed by atoms with Crippen molar-refractivity contribution >= 4 is 28.0 Å². The number of hydrogen-bond acceptors (Lipinski definition) is 6. The van der Waals surface area contributed by atoms with Crippen molar-refractivity contribution < 1.29 is 9.13 Å². The zero-order valence-electron chi connectivity index (χ0n) is 14.2. The number of rotatable bonds is 3. The molecule has 3 aromatic heterocycles. The van der Waals surface area contributed by atoms with Gasteiger partial charge in [0.15, 0.2) is 23.0 Å². The van der Waals surface area contributed by atoms with Gasteiger partial charge in [-0.2, -0.15) is 0 Å². The molecule has 4 aromatic rings. The summed E-state index contributed by atoms with van der Waals surface area (Å²) in [6, 6.07) is 2.96. The van der Waals surface area contributed by atoms with Crippen LogP contribution in [0.1, 0.15) is 31.8 Å². The summed E-state index contributed by atoms with van der Waals surface area (Å²) in [4.78, 5) is 20.3. The number of halogens is 1. The van der Waals surface area contributed by atoms with Crippen molar-refractivity contribution in [2.45, 2.75) is 25.9 Å². The van der Waals surface area contributed by atoms with Gasteiger partial charge in [-0.05, 0) is 26.0 Å². The van der Waals surface area contributed by atoms with Crippen LogP contribution in [0.3, 0.4) is 0 Å². The lowest BCUT2D eigenvalue weighted by Gasteiger charge is -2.26. The summed E-state index contributed by atoms with van der Waals surface area (Å²) >= 11 is 0. The summed E-state index contributed by atoms with van der Waals surface area (Å²) in [6.45, 7) is 4.42. The predicted octanol–water partition coefficient (Wildman–Crippen LogP) is 2.97. The SMILES string of the molecule is CC(Nc1ncnc2nc[nH]c12)c1nc2ccc(F)c3c2n1C(C)CO3. The van der Waals surface area contributed by atoms with Crippen LogP contribution in [0.4, 0.5) is 10.2 Å². The zero-order valence-corrected chi connectivity index (χ0v) is 14.2. The van der Waals surface area contributed by atoms with Crippen LogP contribution in [0.5, 0.6) is 5.75 Å². The molecule has 0 saturated carbocycles. The first-order chi connectivity index (χ1) is 12.6. The minimum Gasteiger partial charge on any atom is -0.486 e. The van der Waals surface area contributed by atoms with Crippen LogP contribution in [0.15, 0.2) is 24.8 Å². The van der Waals surface area contributed by atoms with Crippen molar-refractivity contribution in [1.82, 2.24) is 29.5 Å². The second-order valence-corrected chi connectivity index (χ2v) is 6.43. The number of ether oxygens (including phenoxy) is 1. The van der Waals surface area contributed by atoms with E-state index in [-0.39, 0.29) is 23.7 Å². The molecule has 4 heterocycles. The number of fused-ring (bicyclic) bond motifs is 1. The van der Waals surface area contributed by atoms with Gasteiger partial charge in [-0.3, -0.25) is 0 Å². The van der Waals surface area contributed by atoms with Crippen LogP contribution >= 0.6 is 0 Å². The second kappa shape index (κ2) is 5.38. The lowest BCUT2D eigenvalue weighted by Crippen LogP contribution is -2.24. The molecule has 2 N–H and O–H groups in total. The summed E-state index contributed by atoms with van der Waals surface area (Å²) in [6.07, 6.45) is 3.05. The van der Waals surface area contributed by atoms with E-state index in [1.54, 1.807) is 12.4 Å². The molecule has 26 heavy (non-hydrogen) atoms. The summed E-state index contributed by atoms with van der Waals surface area (Å²) in [5, 5.41) is 3.36. The number of nitrogens with zero attached hydrogens (tertiary/aromatic N) is 5. The van der Waals surface area contributed by atoms with Gasteiger partial charge in [0, 0.05) is 0 Å². The number of aromatic nitrogens is 6. The van der Waals surface area contributed by atoms with E-state index in [1.165, 1.54) is 12.4 Å². The minimum absolute atomic E-state index is 0.0473.